The molecular weight excluding hydrogens is 232 g/mol. The number of hydrogen-bond acceptors (Lipinski definition) is 1. The van der Waals surface area contributed by atoms with Crippen LogP contribution in [-0.2, 0) is 0 Å². The number of aromatic nitrogens is 2. The van der Waals surface area contributed by atoms with Gasteiger partial charge in [-0.3, -0.25) is 0 Å². The van der Waals surface area contributed by atoms with Crippen LogP contribution in [0.15, 0.2) is 48.8 Å². The summed E-state index contributed by atoms with van der Waals surface area (Å²) in [5.41, 5.74) is 4.77. The molecule has 0 aliphatic rings. The van der Waals surface area contributed by atoms with Crippen molar-refractivity contribution in [3.63, 3.8) is 0 Å². The highest BCUT2D eigenvalue weighted by Crippen LogP contribution is 2.26. The van der Waals surface area contributed by atoms with Crippen molar-refractivity contribution in [1.29, 1.82) is 0 Å². The summed E-state index contributed by atoms with van der Waals surface area (Å²) in [5.74, 6) is 0.601. The van der Waals surface area contributed by atoms with E-state index in [1.54, 1.807) is 0 Å². The van der Waals surface area contributed by atoms with E-state index < -0.39 is 0 Å². The van der Waals surface area contributed by atoms with Crippen LogP contribution in [0, 0.1) is 0 Å². The van der Waals surface area contributed by atoms with Crippen molar-refractivity contribution >= 4 is 11.0 Å². The van der Waals surface area contributed by atoms with E-state index in [-0.39, 0.29) is 0 Å². The largest absolute Gasteiger partial charge is 0.346 e. The Morgan fingerprint density at radius 1 is 1.16 bits per heavy atom. The molecule has 96 valence electrons. The second-order valence-corrected chi connectivity index (χ2v) is 5.07. The normalized spacial score (nSPS) is 12.7. The number of pyridine rings is 1. The zero-order valence-electron chi connectivity index (χ0n) is 11.4. The predicted molar refractivity (Wildman–Crippen MR) is 80.2 cm³/mol. The van der Waals surface area contributed by atoms with Gasteiger partial charge >= 0.3 is 0 Å². The lowest BCUT2D eigenvalue weighted by atomic mass is 9.95. The summed E-state index contributed by atoms with van der Waals surface area (Å²) < 4.78 is 0. The molecule has 3 rings (SSSR count). The second-order valence-electron chi connectivity index (χ2n) is 5.07. The first kappa shape index (κ1) is 12.0. The van der Waals surface area contributed by atoms with Crippen molar-refractivity contribution < 1.29 is 0 Å². The van der Waals surface area contributed by atoms with Crippen molar-refractivity contribution in [1.82, 2.24) is 9.97 Å². The Morgan fingerprint density at radius 2 is 2.05 bits per heavy atom. The summed E-state index contributed by atoms with van der Waals surface area (Å²) in [4.78, 5) is 7.58. The molecule has 1 N–H and O–H groups in total. The van der Waals surface area contributed by atoms with Crippen molar-refractivity contribution in [2.45, 2.75) is 26.2 Å². The molecule has 0 fully saturated rings. The van der Waals surface area contributed by atoms with Crippen LogP contribution in [0.2, 0.25) is 0 Å². The maximum Gasteiger partial charge on any atom is 0.137 e. The minimum Gasteiger partial charge on any atom is -0.346 e. The summed E-state index contributed by atoms with van der Waals surface area (Å²) in [7, 11) is 0. The molecule has 0 amide bonds. The van der Waals surface area contributed by atoms with E-state index in [9.17, 15) is 0 Å². The fourth-order valence-corrected chi connectivity index (χ4v) is 2.36. The standard InChI is InChI=1S/C17H18N2/c1-3-12(2)13-5-4-6-14(9-13)16-10-15-7-8-18-17(15)19-11-16/h4-12H,3H2,1-2H3,(H,18,19). The van der Waals surface area contributed by atoms with Crippen molar-refractivity contribution in [3.05, 3.63) is 54.4 Å². The van der Waals surface area contributed by atoms with Gasteiger partial charge in [-0.15, -0.1) is 0 Å². The lowest BCUT2D eigenvalue weighted by Crippen LogP contribution is -1.91. The summed E-state index contributed by atoms with van der Waals surface area (Å²) in [6.45, 7) is 4.50. The number of H-pyrrole nitrogens is 1. The lowest BCUT2D eigenvalue weighted by molar-refractivity contribution is 0.734. The van der Waals surface area contributed by atoms with Crippen molar-refractivity contribution in [2.75, 3.05) is 0 Å². The molecule has 1 unspecified atom stereocenters. The Balaban J connectivity index is 2.05. The average molecular weight is 250 g/mol. The van der Waals surface area contributed by atoms with Gasteiger partial charge in [0.25, 0.3) is 0 Å². The molecule has 0 saturated carbocycles. The van der Waals surface area contributed by atoms with Gasteiger partial charge in [-0.1, -0.05) is 38.1 Å². The molecule has 0 aliphatic carbocycles. The first-order valence-corrected chi connectivity index (χ1v) is 6.81. The van der Waals surface area contributed by atoms with Crippen LogP contribution in [0.5, 0.6) is 0 Å². The molecule has 2 aromatic heterocycles. The van der Waals surface area contributed by atoms with E-state index in [0.29, 0.717) is 5.92 Å². The maximum atomic E-state index is 4.46. The third kappa shape index (κ3) is 2.26. The van der Waals surface area contributed by atoms with Crippen LogP contribution >= 0.6 is 0 Å². The zero-order valence-corrected chi connectivity index (χ0v) is 11.4. The Kier molecular flexibility index (Phi) is 3.08. The summed E-state index contributed by atoms with van der Waals surface area (Å²) in [6.07, 6.45) is 5.03. The molecule has 2 nitrogen and oxygen atoms in total. The number of aromatic amines is 1. The van der Waals surface area contributed by atoms with E-state index in [2.05, 4.69) is 60.2 Å². The third-order valence-electron chi connectivity index (χ3n) is 3.80. The van der Waals surface area contributed by atoms with E-state index >= 15 is 0 Å². The molecule has 2 heteroatoms. The summed E-state index contributed by atoms with van der Waals surface area (Å²) in [5, 5.41) is 1.16. The molecule has 1 atom stereocenters. The number of hydrogen-bond donors (Lipinski definition) is 1. The predicted octanol–water partition coefficient (Wildman–Crippen LogP) is 4.74. The fraction of sp³-hybridized carbons (Fsp3) is 0.235. The van der Waals surface area contributed by atoms with Gasteiger partial charge in [0.1, 0.15) is 5.65 Å². The first-order chi connectivity index (χ1) is 9.28. The van der Waals surface area contributed by atoms with Gasteiger partial charge in [0.05, 0.1) is 0 Å². The Bertz CT molecular complexity index is 697. The molecule has 0 radical (unpaired) electrons. The van der Waals surface area contributed by atoms with Crippen molar-refractivity contribution in [3.8, 4) is 11.1 Å². The molecular formula is C17H18N2. The SMILES string of the molecule is CCC(C)c1cccc(-c2cnc3[nH]ccc3c2)c1. The highest BCUT2D eigenvalue weighted by molar-refractivity contribution is 5.81. The molecule has 0 aliphatic heterocycles. The van der Waals surface area contributed by atoms with Crippen LogP contribution in [0.4, 0.5) is 0 Å². The zero-order chi connectivity index (χ0) is 13.2. The van der Waals surface area contributed by atoms with Gasteiger partial charge in [-0.25, -0.2) is 4.98 Å². The minimum atomic E-state index is 0.601. The molecule has 1 aromatic carbocycles. The summed E-state index contributed by atoms with van der Waals surface area (Å²) >= 11 is 0. The lowest BCUT2D eigenvalue weighted by Gasteiger charge is -2.10. The van der Waals surface area contributed by atoms with E-state index in [0.717, 1.165) is 11.0 Å². The van der Waals surface area contributed by atoms with Gasteiger partial charge in [-0.2, -0.15) is 0 Å². The topological polar surface area (TPSA) is 28.7 Å². The Hall–Kier alpha value is -2.09. The molecule has 0 bridgehead atoms. The Morgan fingerprint density at radius 3 is 2.89 bits per heavy atom. The van der Waals surface area contributed by atoms with Gasteiger partial charge in [-0.05, 0) is 35.6 Å². The van der Waals surface area contributed by atoms with E-state index in [1.165, 1.54) is 23.1 Å². The first-order valence-electron chi connectivity index (χ1n) is 6.81. The van der Waals surface area contributed by atoms with Crippen LogP contribution in [0.1, 0.15) is 31.7 Å². The average Bonchev–Trinajstić information content (AvgIpc) is 2.94. The number of nitrogens with zero attached hydrogens (tertiary/aromatic N) is 1. The summed E-state index contributed by atoms with van der Waals surface area (Å²) in [6, 6.07) is 13.0. The molecule has 19 heavy (non-hydrogen) atoms. The van der Waals surface area contributed by atoms with Crippen molar-refractivity contribution in [2.24, 2.45) is 0 Å². The van der Waals surface area contributed by atoms with Crippen LogP contribution in [0.3, 0.4) is 0 Å². The Labute approximate surface area is 113 Å². The number of rotatable bonds is 3. The van der Waals surface area contributed by atoms with Crippen LogP contribution in [0.25, 0.3) is 22.2 Å². The number of fused-ring (bicyclic) bond motifs is 1. The minimum absolute atomic E-state index is 0.601. The van der Waals surface area contributed by atoms with Crippen LogP contribution in [-0.4, -0.2) is 9.97 Å². The fourth-order valence-electron chi connectivity index (χ4n) is 2.36. The van der Waals surface area contributed by atoms with E-state index in [4.69, 9.17) is 0 Å². The maximum absolute atomic E-state index is 4.46. The quantitative estimate of drug-likeness (QED) is 0.714. The monoisotopic (exact) mass is 250 g/mol. The molecule has 2 heterocycles. The highest BCUT2D eigenvalue weighted by Gasteiger charge is 2.06. The molecule has 0 spiro atoms. The second kappa shape index (κ2) is 4.88. The van der Waals surface area contributed by atoms with Gasteiger partial charge < -0.3 is 4.98 Å². The van der Waals surface area contributed by atoms with Crippen LogP contribution < -0.4 is 0 Å². The molecule has 0 saturated heterocycles. The van der Waals surface area contributed by atoms with Gasteiger partial charge in [0.15, 0.2) is 0 Å². The molecule has 3 aromatic rings. The van der Waals surface area contributed by atoms with Gasteiger partial charge in [0, 0.05) is 23.3 Å². The highest BCUT2D eigenvalue weighted by atomic mass is 14.8. The number of nitrogens with one attached hydrogen (secondary N) is 1. The number of benzene rings is 1. The van der Waals surface area contributed by atoms with Gasteiger partial charge in [0.2, 0.25) is 0 Å². The smallest absolute Gasteiger partial charge is 0.137 e. The van der Waals surface area contributed by atoms with E-state index in [1.807, 2.05) is 12.4 Å². The third-order valence-corrected chi connectivity index (χ3v) is 3.80.